The predicted molar refractivity (Wildman–Crippen MR) is 117 cm³/mol. The molecule has 0 atom stereocenters. The van der Waals surface area contributed by atoms with Crippen LogP contribution in [0.3, 0.4) is 0 Å². The Morgan fingerprint density at radius 3 is 2.73 bits per heavy atom. The van der Waals surface area contributed by atoms with Gasteiger partial charge in [0.25, 0.3) is 5.91 Å². The lowest BCUT2D eigenvalue weighted by Crippen LogP contribution is -2.25. The van der Waals surface area contributed by atoms with Crippen LogP contribution in [0.5, 0.6) is 11.5 Å². The highest BCUT2D eigenvalue weighted by Gasteiger charge is 2.11. The Morgan fingerprint density at radius 1 is 1.17 bits per heavy atom. The molecule has 0 unspecified atom stereocenters. The van der Waals surface area contributed by atoms with Crippen LogP contribution in [0.1, 0.15) is 33.5 Å². The van der Waals surface area contributed by atoms with E-state index in [0.29, 0.717) is 36.0 Å². The molecule has 0 bridgehead atoms. The molecule has 0 aliphatic carbocycles. The quantitative estimate of drug-likeness (QED) is 0.508. The highest BCUT2D eigenvalue weighted by Crippen LogP contribution is 2.25. The molecular formula is C23H26ClN3O3. The van der Waals surface area contributed by atoms with Gasteiger partial charge in [0.2, 0.25) is 0 Å². The zero-order valence-corrected chi connectivity index (χ0v) is 18.2. The number of ether oxygens (including phenoxy) is 2. The van der Waals surface area contributed by atoms with Gasteiger partial charge in [0.15, 0.2) is 0 Å². The number of nitrogens with one attached hydrogen (secondary N) is 1. The van der Waals surface area contributed by atoms with Crippen LogP contribution in [0.25, 0.3) is 0 Å². The number of benzene rings is 2. The first-order valence-corrected chi connectivity index (χ1v) is 10.2. The van der Waals surface area contributed by atoms with Crippen LogP contribution < -0.4 is 14.8 Å². The maximum absolute atomic E-state index is 12.5. The first kappa shape index (κ1) is 21.7. The zero-order valence-electron chi connectivity index (χ0n) is 17.4. The van der Waals surface area contributed by atoms with Crippen molar-refractivity contribution in [3.8, 4) is 11.5 Å². The third-order valence-corrected chi connectivity index (χ3v) is 4.92. The standard InChI is InChI=1S/C23H26ClN3O3/c1-16-5-6-17(2)22(11-16)30-15-19-12-18(7-8-21(19)29-3)23(28)25-9-4-10-27-14-20(24)13-26-27/h5-8,11-14H,4,9-10,15H2,1-3H3,(H,25,28). The van der Waals surface area contributed by atoms with Gasteiger partial charge in [-0.3, -0.25) is 9.48 Å². The van der Waals surface area contributed by atoms with Gasteiger partial charge in [-0.05, 0) is 55.7 Å². The van der Waals surface area contributed by atoms with Gasteiger partial charge in [0, 0.05) is 30.4 Å². The van der Waals surface area contributed by atoms with E-state index in [1.165, 1.54) is 0 Å². The average Bonchev–Trinajstić information content (AvgIpc) is 3.16. The molecule has 7 heteroatoms. The summed E-state index contributed by atoms with van der Waals surface area (Å²) in [6.45, 7) is 5.57. The third kappa shape index (κ3) is 5.76. The molecule has 0 aliphatic rings. The molecule has 0 saturated carbocycles. The molecule has 158 valence electrons. The lowest BCUT2D eigenvalue weighted by molar-refractivity contribution is 0.0952. The second-order valence-corrected chi connectivity index (χ2v) is 7.55. The number of aromatic nitrogens is 2. The molecule has 0 saturated heterocycles. The molecule has 1 aromatic heterocycles. The summed E-state index contributed by atoms with van der Waals surface area (Å²) in [5, 5.41) is 7.66. The molecule has 6 nitrogen and oxygen atoms in total. The maximum Gasteiger partial charge on any atom is 0.251 e. The van der Waals surface area contributed by atoms with Crippen molar-refractivity contribution < 1.29 is 14.3 Å². The average molecular weight is 428 g/mol. The fraction of sp³-hybridized carbons (Fsp3) is 0.304. The van der Waals surface area contributed by atoms with Crippen molar-refractivity contribution in [3.63, 3.8) is 0 Å². The summed E-state index contributed by atoms with van der Waals surface area (Å²) in [5.41, 5.74) is 3.58. The van der Waals surface area contributed by atoms with E-state index in [1.54, 1.807) is 36.3 Å². The van der Waals surface area contributed by atoms with Gasteiger partial charge in [-0.1, -0.05) is 23.7 Å². The monoisotopic (exact) mass is 427 g/mol. The minimum absolute atomic E-state index is 0.135. The van der Waals surface area contributed by atoms with Gasteiger partial charge in [-0.2, -0.15) is 5.10 Å². The number of carbonyl (C=O) groups excluding carboxylic acids is 1. The number of nitrogens with zero attached hydrogens (tertiary/aromatic N) is 2. The summed E-state index contributed by atoms with van der Waals surface area (Å²) in [5.74, 6) is 1.38. The Kier molecular flexibility index (Phi) is 7.36. The van der Waals surface area contributed by atoms with Gasteiger partial charge in [-0.25, -0.2) is 0 Å². The molecule has 1 N–H and O–H groups in total. The van der Waals surface area contributed by atoms with E-state index in [9.17, 15) is 4.79 Å². The number of rotatable bonds is 9. The van der Waals surface area contributed by atoms with Crippen molar-refractivity contribution in [1.82, 2.24) is 15.1 Å². The summed E-state index contributed by atoms with van der Waals surface area (Å²) < 4.78 is 13.2. The minimum atomic E-state index is -0.135. The Hall–Kier alpha value is -2.99. The van der Waals surface area contributed by atoms with Gasteiger partial charge < -0.3 is 14.8 Å². The lowest BCUT2D eigenvalue weighted by atomic mass is 10.1. The Labute approximate surface area is 181 Å². The molecule has 0 radical (unpaired) electrons. The summed E-state index contributed by atoms with van der Waals surface area (Å²) in [6, 6.07) is 11.4. The highest BCUT2D eigenvalue weighted by atomic mass is 35.5. The van der Waals surface area contributed by atoms with Crippen LogP contribution in [-0.4, -0.2) is 29.3 Å². The van der Waals surface area contributed by atoms with E-state index in [4.69, 9.17) is 21.1 Å². The number of carbonyl (C=O) groups is 1. The van der Waals surface area contributed by atoms with E-state index in [-0.39, 0.29) is 5.91 Å². The van der Waals surface area contributed by atoms with E-state index < -0.39 is 0 Å². The van der Waals surface area contributed by atoms with Crippen molar-refractivity contribution in [2.75, 3.05) is 13.7 Å². The molecule has 0 fully saturated rings. The molecule has 30 heavy (non-hydrogen) atoms. The molecule has 1 amide bonds. The topological polar surface area (TPSA) is 65.4 Å². The fourth-order valence-corrected chi connectivity index (χ4v) is 3.21. The number of aryl methyl sites for hydroxylation is 3. The molecule has 3 aromatic rings. The largest absolute Gasteiger partial charge is 0.496 e. The van der Waals surface area contributed by atoms with Crippen molar-refractivity contribution in [2.45, 2.75) is 33.4 Å². The van der Waals surface area contributed by atoms with Crippen LogP contribution in [-0.2, 0) is 13.2 Å². The molecule has 3 rings (SSSR count). The van der Waals surface area contributed by atoms with Gasteiger partial charge in [-0.15, -0.1) is 0 Å². The van der Waals surface area contributed by atoms with Crippen molar-refractivity contribution in [2.24, 2.45) is 0 Å². The fourth-order valence-electron chi connectivity index (χ4n) is 3.06. The molecule has 2 aromatic carbocycles. The normalized spacial score (nSPS) is 10.7. The number of hydrogen-bond acceptors (Lipinski definition) is 4. The first-order chi connectivity index (χ1) is 14.5. The SMILES string of the molecule is COc1ccc(C(=O)NCCCn2cc(Cl)cn2)cc1COc1cc(C)ccc1C. The summed E-state index contributed by atoms with van der Waals surface area (Å²) in [6.07, 6.45) is 4.11. The van der Waals surface area contributed by atoms with Crippen LogP contribution in [0, 0.1) is 13.8 Å². The van der Waals surface area contributed by atoms with E-state index >= 15 is 0 Å². The van der Waals surface area contributed by atoms with Crippen LogP contribution in [0.4, 0.5) is 0 Å². The van der Waals surface area contributed by atoms with Crippen LogP contribution >= 0.6 is 11.6 Å². The Morgan fingerprint density at radius 2 is 2.00 bits per heavy atom. The van der Waals surface area contributed by atoms with Crippen molar-refractivity contribution >= 4 is 17.5 Å². The Balaban J connectivity index is 1.59. The number of hydrogen-bond donors (Lipinski definition) is 1. The third-order valence-electron chi connectivity index (χ3n) is 4.72. The summed E-state index contributed by atoms with van der Waals surface area (Å²) in [7, 11) is 1.61. The second-order valence-electron chi connectivity index (χ2n) is 7.12. The van der Waals surface area contributed by atoms with E-state index in [1.807, 2.05) is 32.0 Å². The maximum atomic E-state index is 12.5. The minimum Gasteiger partial charge on any atom is -0.496 e. The van der Waals surface area contributed by atoms with E-state index in [2.05, 4.69) is 16.5 Å². The number of methoxy groups -OCH3 is 1. The first-order valence-electron chi connectivity index (χ1n) is 9.79. The van der Waals surface area contributed by atoms with Crippen LogP contribution in [0.2, 0.25) is 5.02 Å². The van der Waals surface area contributed by atoms with Crippen LogP contribution in [0.15, 0.2) is 48.8 Å². The molecule has 1 heterocycles. The lowest BCUT2D eigenvalue weighted by Gasteiger charge is -2.14. The number of halogens is 1. The zero-order chi connectivity index (χ0) is 21.5. The van der Waals surface area contributed by atoms with Gasteiger partial charge in [0.05, 0.1) is 18.3 Å². The summed E-state index contributed by atoms with van der Waals surface area (Å²) >= 11 is 5.85. The predicted octanol–water partition coefficient (Wildman–Crippen LogP) is 4.56. The van der Waals surface area contributed by atoms with Gasteiger partial charge in [0.1, 0.15) is 18.1 Å². The van der Waals surface area contributed by atoms with Gasteiger partial charge >= 0.3 is 0 Å². The molecule has 0 spiro atoms. The number of amides is 1. The smallest absolute Gasteiger partial charge is 0.251 e. The second kappa shape index (κ2) is 10.2. The highest BCUT2D eigenvalue weighted by molar-refractivity contribution is 6.30. The summed E-state index contributed by atoms with van der Waals surface area (Å²) in [4.78, 5) is 12.5. The molecule has 0 aliphatic heterocycles. The van der Waals surface area contributed by atoms with Crippen molar-refractivity contribution in [3.05, 3.63) is 76.1 Å². The molecular weight excluding hydrogens is 402 g/mol. The van der Waals surface area contributed by atoms with E-state index in [0.717, 1.165) is 28.9 Å². The van der Waals surface area contributed by atoms with Crippen molar-refractivity contribution in [1.29, 1.82) is 0 Å². The Bertz CT molecular complexity index is 1020.